The van der Waals surface area contributed by atoms with Gasteiger partial charge in [-0.05, 0) is 31.0 Å². The highest BCUT2D eigenvalue weighted by molar-refractivity contribution is 14.0. The number of likely N-dealkylation sites (N-methyl/N-ethyl adjacent to an activating group) is 1. The zero-order valence-corrected chi connectivity index (χ0v) is 19.8. The lowest BCUT2D eigenvalue weighted by atomic mass is 10.2. The maximum absolute atomic E-state index is 11.5. The first kappa shape index (κ1) is 26.3. The summed E-state index contributed by atoms with van der Waals surface area (Å²) in [5, 5.41) is 9.31. The molecular weight excluding hydrogens is 471 g/mol. The molecule has 8 heteroatoms. The molecule has 0 aliphatic heterocycles. The molecule has 0 spiro atoms. The van der Waals surface area contributed by atoms with Crippen LogP contribution >= 0.6 is 24.0 Å². The van der Waals surface area contributed by atoms with E-state index >= 15 is 0 Å². The zero-order valence-electron chi connectivity index (χ0n) is 17.5. The molecule has 0 heterocycles. The summed E-state index contributed by atoms with van der Waals surface area (Å²) in [5.74, 6) is 1.77. The third-order valence-electron chi connectivity index (χ3n) is 3.97. The molecule has 1 amide bonds. The Kier molecular flexibility index (Phi) is 15.3. The molecule has 0 bridgehead atoms. The molecule has 1 aromatic rings. The van der Waals surface area contributed by atoms with Gasteiger partial charge in [0.2, 0.25) is 0 Å². The van der Waals surface area contributed by atoms with Crippen molar-refractivity contribution in [3.63, 3.8) is 0 Å². The number of rotatable bonds is 12. The third-order valence-corrected chi connectivity index (χ3v) is 3.97. The Morgan fingerprint density at radius 1 is 1.07 bits per heavy atom. The molecular formula is C20H35IN4O3. The van der Waals surface area contributed by atoms with Crippen LogP contribution in [-0.2, 0) is 11.3 Å². The average molecular weight is 506 g/mol. The van der Waals surface area contributed by atoms with Gasteiger partial charge in [0.15, 0.2) is 24.1 Å². The molecule has 3 N–H and O–H groups in total. The quantitative estimate of drug-likeness (QED) is 0.176. The molecule has 7 nitrogen and oxygen atoms in total. The molecule has 1 aromatic carbocycles. The molecule has 0 atom stereocenters. The van der Waals surface area contributed by atoms with Gasteiger partial charge in [0.25, 0.3) is 5.91 Å². The SMILES string of the molecule is CCCCCCNC(=NC)NCc1ccc(OCC(=O)NCC)c(OC)c1.I. The zero-order chi connectivity index (χ0) is 19.9. The molecule has 28 heavy (non-hydrogen) atoms. The van der Waals surface area contributed by atoms with Gasteiger partial charge in [0.05, 0.1) is 7.11 Å². The molecule has 160 valence electrons. The summed E-state index contributed by atoms with van der Waals surface area (Å²) < 4.78 is 10.9. The molecule has 0 aliphatic carbocycles. The smallest absolute Gasteiger partial charge is 0.257 e. The third kappa shape index (κ3) is 10.6. The number of nitrogens with zero attached hydrogens (tertiary/aromatic N) is 1. The number of nitrogens with one attached hydrogen (secondary N) is 3. The topological polar surface area (TPSA) is 84.0 Å². The first-order valence-corrected chi connectivity index (χ1v) is 9.65. The van der Waals surface area contributed by atoms with Gasteiger partial charge >= 0.3 is 0 Å². The van der Waals surface area contributed by atoms with E-state index in [1.54, 1.807) is 14.2 Å². The highest BCUT2D eigenvalue weighted by Gasteiger charge is 2.09. The minimum absolute atomic E-state index is 0. The summed E-state index contributed by atoms with van der Waals surface area (Å²) in [5.41, 5.74) is 1.03. The van der Waals surface area contributed by atoms with Crippen molar-refractivity contribution in [1.29, 1.82) is 0 Å². The van der Waals surface area contributed by atoms with Gasteiger partial charge in [0.1, 0.15) is 0 Å². The number of halogens is 1. The monoisotopic (exact) mass is 506 g/mol. The standard InChI is InChI=1S/C20H34N4O3.HI/c1-5-7-8-9-12-23-20(21-3)24-14-16-10-11-17(18(13-16)26-4)27-15-19(25)22-6-2;/h10-11,13H,5-9,12,14-15H2,1-4H3,(H,22,25)(H2,21,23,24);1H. The molecule has 0 aliphatic rings. The molecule has 0 saturated heterocycles. The van der Waals surface area contributed by atoms with Crippen LogP contribution in [0.3, 0.4) is 0 Å². The van der Waals surface area contributed by atoms with Crippen LogP contribution in [0.25, 0.3) is 0 Å². The summed E-state index contributed by atoms with van der Waals surface area (Å²) in [6.45, 7) is 6.15. The number of carbonyl (C=O) groups is 1. The first-order chi connectivity index (χ1) is 13.1. The molecule has 0 unspecified atom stereocenters. The Balaban J connectivity index is 0.00000729. The highest BCUT2D eigenvalue weighted by atomic mass is 127. The fraction of sp³-hybridized carbons (Fsp3) is 0.600. The van der Waals surface area contributed by atoms with Crippen molar-refractivity contribution in [2.24, 2.45) is 4.99 Å². The van der Waals surface area contributed by atoms with Crippen molar-refractivity contribution in [2.45, 2.75) is 46.1 Å². The van der Waals surface area contributed by atoms with Crippen LogP contribution < -0.4 is 25.4 Å². The van der Waals surface area contributed by atoms with E-state index in [1.165, 1.54) is 19.3 Å². The predicted molar refractivity (Wildman–Crippen MR) is 125 cm³/mol. The Bertz CT molecular complexity index is 597. The number of hydrogen-bond acceptors (Lipinski definition) is 4. The Morgan fingerprint density at radius 3 is 2.50 bits per heavy atom. The van der Waals surface area contributed by atoms with Crippen molar-refractivity contribution in [1.82, 2.24) is 16.0 Å². The second kappa shape index (κ2) is 16.3. The van der Waals surface area contributed by atoms with Crippen LogP contribution in [0.15, 0.2) is 23.2 Å². The minimum Gasteiger partial charge on any atom is -0.493 e. The van der Waals surface area contributed by atoms with Crippen LogP contribution in [0, 0.1) is 0 Å². The number of carbonyl (C=O) groups excluding carboxylic acids is 1. The fourth-order valence-corrected chi connectivity index (χ4v) is 2.50. The van der Waals surface area contributed by atoms with Crippen LogP contribution in [0.5, 0.6) is 11.5 Å². The van der Waals surface area contributed by atoms with Gasteiger partial charge < -0.3 is 25.4 Å². The van der Waals surface area contributed by atoms with E-state index in [2.05, 4.69) is 27.9 Å². The maximum atomic E-state index is 11.5. The van der Waals surface area contributed by atoms with Crippen molar-refractivity contribution in [2.75, 3.05) is 33.9 Å². The van der Waals surface area contributed by atoms with Crippen molar-refractivity contribution in [3.05, 3.63) is 23.8 Å². The van der Waals surface area contributed by atoms with Crippen LogP contribution in [0.1, 0.15) is 45.1 Å². The summed E-state index contributed by atoms with van der Waals surface area (Å²) in [6.07, 6.45) is 4.87. The van der Waals surface area contributed by atoms with Gasteiger partial charge in [-0.1, -0.05) is 32.3 Å². The Morgan fingerprint density at radius 2 is 1.86 bits per heavy atom. The number of unbranched alkanes of at least 4 members (excludes halogenated alkanes) is 3. The Hall–Kier alpha value is -1.71. The van der Waals surface area contributed by atoms with E-state index in [0.29, 0.717) is 24.6 Å². The van der Waals surface area contributed by atoms with Gasteiger partial charge in [-0.2, -0.15) is 0 Å². The summed E-state index contributed by atoms with van der Waals surface area (Å²) >= 11 is 0. The number of methoxy groups -OCH3 is 1. The molecule has 0 radical (unpaired) electrons. The van der Waals surface area contributed by atoms with Crippen molar-refractivity contribution in [3.8, 4) is 11.5 Å². The molecule has 1 rings (SSSR count). The number of amides is 1. The molecule has 0 aromatic heterocycles. The number of hydrogen-bond donors (Lipinski definition) is 3. The van der Waals surface area contributed by atoms with Gasteiger partial charge in [0, 0.05) is 26.7 Å². The summed E-state index contributed by atoms with van der Waals surface area (Å²) in [7, 11) is 3.35. The lowest BCUT2D eigenvalue weighted by molar-refractivity contribution is -0.123. The molecule has 0 saturated carbocycles. The van der Waals surface area contributed by atoms with Crippen molar-refractivity contribution >= 4 is 35.8 Å². The van der Waals surface area contributed by atoms with Crippen LogP contribution in [-0.4, -0.2) is 45.7 Å². The average Bonchev–Trinajstić information content (AvgIpc) is 2.69. The van der Waals surface area contributed by atoms with E-state index in [9.17, 15) is 4.79 Å². The minimum atomic E-state index is -0.154. The predicted octanol–water partition coefficient (Wildman–Crippen LogP) is 3.07. The normalized spacial score (nSPS) is 10.6. The van der Waals surface area contributed by atoms with E-state index in [0.717, 1.165) is 24.5 Å². The number of guanidine groups is 1. The van der Waals surface area contributed by atoms with E-state index in [-0.39, 0.29) is 36.5 Å². The lowest BCUT2D eigenvalue weighted by Gasteiger charge is -2.14. The lowest BCUT2D eigenvalue weighted by Crippen LogP contribution is -2.37. The summed E-state index contributed by atoms with van der Waals surface area (Å²) in [4.78, 5) is 15.8. The number of ether oxygens (including phenoxy) is 2. The van der Waals surface area contributed by atoms with E-state index in [1.807, 2.05) is 25.1 Å². The van der Waals surface area contributed by atoms with Crippen molar-refractivity contribution < 1.29 is 14.3 Å². The number of benzene rings is 1. The largest absolute Gasteiger partial charge is 0.493 e. The molecule has 0 fully saturated rings. The van der Waals surface area contributed by atoms with Crippen LogP contribution in [0.4, 0.5) is 0 Å². The van der Waals surface area contributed by atoms with Gasteiger partial charge in [-0.25, -0.2) is 0 Å². The highest BCUT2D eigenvalue weighted by Crippen LogP contribution is 2.28. The van der Waals surface area contributed by atoms with E-state index in [4.69, 9.17) is 9.47 Å². The fourth-order valence-electron chi connectivity index (χ4n) is 2.50. The second-order valence-electron chi connectivity index (χ2n) is 6.14. The first-order valence-electron chi connectivity index (χ1n) is 9.65. The Labute approximate surface area is 186 Å². The summed E-state index contributed by atoms with van der Waals surface area (Å²) in [6, 6.07) is 5.65. The maximum Gasteiger partial charge on any atom is 0.257 e. The number of aliphatic imine (C=N–C) groups is 1. The van der Waals surface area contributed by atoms with E-state index < -0.39 is 0 Å². The van der Waals surface area contributed by atoms with Crippen LogP contribution in [0.2, 0.25) is 0 Å². The second-order valence-corrected chi connectivity index (χ2v) is 6.14. The van der Waals surface area contributed by atoms with Gasteiger partial charge in [-0.15, -0.1) is 24.0 Å². The van der Waals surface area contributed by atoms with Gasteiger partial charge in [-0.3, -0.25) is 9.79 Å².